The van der Waals surface area contributed by atoms with Crippen LogP contribution in [0.25, 0.3) is 44.5 Å². The molecule has 31 heavy (non-hydrogen) atoms. The zero-order chi connectivity index (χ0) is 21.2. The van der Waals surface area contributed by atoms with Crippen molar-refractivity contribution in [1.29, 1.82) is 0 Å². The van der Waals surface area contributed by atoms with Gasteiger partial charge in [-0.1, -0.05) is 66.7 Å². The Hall–Kier alpha value is -4.02. The summed E-state index contributed by atoms with van der Waals surface area (Å²) in [5.41, 5.74) is 20.5. The van der Waals surface area contributed by atoms with Crippen molar-refractivity contribution in [2.45, 2.75) is 6.54 Å². The van der Waals surface area contributed by atoms with Crippen molar-refractivity contribution in [2.75, 3.05) is 5.73 Å². The lowest BCUT2D eigenvalue weighted by Gasteiger charge is -2.14. The van der Waals surface area contributed by atoms with Crippen molar-refractivity contribution < 1.29 is 0 Å². The van der Waals surface area contributed by atoms with Crippen molar-refractivity contribution in [3.63, 3.8) is 0 Å². The van der Waals surface area contributed by atoms with Gasteiger partial charge in [-0.25, -0.2) is 4.98 Å². The fourth-order valence-electron chi connectivity index (χ4n) is 3.82. The second kappa shape index (κ2) is 8.01. The van der Waals surface area contributed by atoms with Crippen LogP contribution < -0.4 is 11.5 Å². The van der Waals surface area contributed by atoms with Gasteiger partial charge in [0.15, 0.2) is 0 Å². The highest BCUT2D eigenvalue weighted by Crippen LogP contribution is 2.36. The Labute approximate surface area is 181 Å². The Balaban J connectivity index is 1.77. The SMILES string of the molecule is NCc1ccc(-c2nc3ccnc(-c4ccc(N)cc4)c3cc2-c2ccccc2)cc1. The van der Waals surface area contributed by atoms with Crippen LogP contribution in [0.2, 0.25) is 0 Å². The average Bonchev–Trinajstić information content (AvgIpc) is 2.84. The number of anilines is 1. The van der Waals surface area contributed by atoms with E-state index in [0.29, 0.717) is 6.54 Å². The molecule has 4 N–H and O–H groups in total. The molecule has 0 saturated carbocycles. The molecule has 0 aliphatic rings. The van der Waals surface area contributed by atoms with Crippen LogP contribution in [-0.2, 0) is 6.54 Å². The van der Waals surface area contributed by atoms with Crippen molar-refractivity contribution in [3.8, 4) is 33.6 Å². The molecular formula is C27H22N4. The number of benzene rings is 3. The van der Waals surface area contributed by atoms with Gasteiger partial charge in [0.25, 0.3) is 0 Å². The predicted octanol–water partition coefficient (Wildman–Crippen LogP) is 5.67. The van der Waals surface area contributed by atoms with Crippen LogP contribution in [0.1, 0.15) is 5.56 Å². The van der Waals surface area contributed by atoms with E-state index in [2.05, 4.69) is 47.4 Å². The molecular weight excluding hydrogens is 380 g/mol. The molecule has 150 valence electrons. The van der Waals surface area contributed by atoms with Gasteiger partial charge in [0.05, 0.1) is 16.9 Å². The maximum atomic E-state index is 5.88. The monoisotopic (exact) mass is 402 g/mol. The van der Waals surface area contributed by atoms with Gasteiger partial charge in [-0.3, -0.25) is 4.98 Å². The second-order valence-electron chi connectivity index (χ2n) is 7.50. The molecule has 0 aliphatic heterocycles. The minimum atomic E-state index is 0.521. The highest BCUT2D eigenvalue weighted by molar-refractivity contribution is 5.98. The van der Waals surface area contributed by atoms with Crippen molar-refractivity contribution in [2.24, 2.45) is 5.73 Å². The zero-order valence-electron chi connectivity index (χ0n) is 17.0. The number of pyridine rings is 2. The van der Waals surface area contributed by atoms with Gasteiger partial charge in [-0.2, -0.15) is 0 Å². The highest BCUT2D eigenvalue weighted by Gasteiger charge is 2.14. The summed E-state index contributed by atoms with van der Waals surface area (Å²) in [5.74, 6) is 0. The fourth-order valence-corrected chi connectivity index (χ4v) is 3.82. The molecule has 0 atom stereocenters. The van der Waals surface area contributed by atoms with E-state index in [9.17, 15) is 0 Å². The normalized spacial score (nSPS) is 11.0. The first-order valence-electron chi connectivity index (χ1n) is 10.2. The average molecular weight is 403 g/mol. The van der Waals surface area contributed by atoms with Crippen LogP contribution in [0.4, 0.5) is 5.69 Å². The van der Waals surface area contributed by atoms with Gasteiger partial charge in [0.1, 0.15) is 0 Å². The first-order valence-corrected chi connectivity index (χ1v) is 10.2. The molecule has 5 rings (SSSR count). The second-order valence-corrected chi connectivity index (χ2v) is 7.50. The number of fused-ring (bicyclic) bond motifs is 1. The van der Waals surface area contributed by atoms with Crippen molar-refractivity contribution in [3.05, 3.63) is 103 Å². The van der Waals surface area contributed by atoms with Gasteiger partial charge in [0, 0.05) is 40.5 Å². The third-order valence-electron chi connectivity index (χ3n) is 5.48. The summed E-state index contributed by atoms with van der Waals surface area (Å²) in [4.78, 5) is 9.76. The molecule has 0 aliphatic carbocycles. The standard InChI is InChI=1S/C27H22N4/c28-17-18-6-8-21(9-7-18)27-23(19-4-2-1-3-5-19)16-24-25(31-27)14-15-30-26(24)20-10-12-22(29)13-11-20/h1-16H,17,28-29H2. The summed E-state index contributed by atoms with van der Waals surface area (Å²) in [6, 6.07) is 30.6. The Bertz CT molecular complexity index is 1340. The first-order chi connectivity index (χ1) is 15.2. The van der Waals surface area contributed by atoms with E-state index in [4.69, 9.17) is 16.5 Å². The molecule has 0 spiro atoms. The lowest BCUT2D eigenvalue weighted by atomic mass is 9.95. The highest BCUT2D eigenvalue weighted by atomic mass is 14.7. The minimum absolute atomic E-state index is 0.521. The molecule has 0 fully saturated rings. The molecule has 0 amide bonds. The number of hydrogen-bond acceptors (Lipinski definition) is 4. The number of nitrogens with two attached hydrogens (primary N) is 2. The Morgan fingerprint density at radius 1 is 0.677 bits per heavy atom. The van der Waals surface area contributed by atoms with E-state index in [1.54, 1.807) is 0 Å². The molecule has 4 heteroatoms. The molecule has 5 aromatic rings. The van der Waals surface area contributed by atoms with Gasteiger partial charge in [0.2, 0.25) is 0 Å². The maximum Gasteiger partial charge on any atom is 0.0796 e. The van der Waals surface area contributed by atoms with E-state index in [1.165, 1.54) is 0 Å². The van der Waals surface area contributed by atoms with E-state index in [1.807, 2.05) is 54.7 Å². The number of aromatic nitrogens is 2. The lowest BCUT2D eigenvalue weighted by Crippen LogP contribution is -1.97. The fraction of sp³-hybridized carbons (Fsp3) is 0.0370. The van der Waals surface area contributed by atoms with Gasteiger partial charge < -0.3 is 11.5 Å². The van der Waals surface area contributed by atoms with Crippen molar-refractivity contribution >= 4 is 16.6 Å². The van der Waals surface area contributed by atoms with E-state index < -0.39 is 0 Å². The summed E-state index contributed by atoms with van der Waals surface area (Å²) in [6.07, 6.45) is 1.81. The molecule has 2 aromatic heterocycles. The van der Waals surface area contributed by atoms with E-state index in [0.717, 1.165) is 55.8 Å². The number of nitrogens with zero attached hydrogens (tertiary/aromatic N) is 2. The predicted molar refractivity (Wildman–Crippen MR) is 128 cm³/mol. The minimum Gasteiger partial charge on any atom is -0.399 e. The summed E-state index contributed by atoms with van der Waals surface area (Å²) in [6.45, 7) is 0.521. The maximum absolute atomic E-state index is 5.88. The molecule has 0 bridgehead atoms. The molecule has 0 saturated heterocycles. The molecule has 4 nitrogen and oxygen atoms in total. The van der Waals surface area contributed by atoms with Crippen LogP contribution >= 0.6 is 0 Å². The summed E-state index contributed by atoms with van der Waals surface area (Å²) < 4.78 is 0. The number of rotatable bonds is 4. The van der Waals surface area contributed by atoms with Gasteiger partial charge in [-0.05, 0) is 35.4 Å². The third kappa shape index (κ3) is 3.65. The van der Waals surface area contributed by atoms with Gasteiger partial charge >= 0.3 is 0 Å². The Morgan fingerprint density at radius 2 is 1.35 bits per heavy atom. The lowest BCUT2D eigenvalue weighted by molar-refractivity contribution is 1.07. The first kappa shape index (κ1) is 19.0. The molecule has 0 unspecified atom stereocenters. The zero-order valence-corrected chi connectivity index (χ0v) is 17.0. The summed E-state index contributed by atoms with van der Waals surface area (Å²) in [7, 11) is 0. The van der Waals surface area contributed by atoms with Crippen LogP contribution in [0.15, 0.2) is 97.2 Å². The molecule has 3 aromatic carbocycles. The largest absolute Gasteiger partial charge is 0.399 e. The van der Waals surface area contributed by atoms with Gasteiger partial charge in [-0.15, -0.1) is 0 Å². The quantitative estimate of drug-likeness (QED) is 0.380. The van der Waals surface area contributed by atoms with E-state index in [-0.39, 0.29) is 0 Å². The molecule has 2 heterocycles. The summed E-state index contributed by atoms with van der Waals surface area (Å²) in [5, 5.41) is 1.01. The number of hydrogen-bond donors (Lipinski definition) is 2. The van der Waals surface area contributed by atoms with Crippen molar-refractivity contribution in [1.82, 2.24) is 9.97 Å². The third-order valence-corrected chi connectivity index (χ3v) is 5.48. The number of nitrogen functional groups attached to an aromatic ring is 1. The van der Waals surface area contributed by atoms with E-state index >= 15 is 0 Å². The topological polar surface area (TPSA) is 77.8 Å². The van der Waals surface area contributed by atoms with Crippen LogP contribution in [0.3, 0.4) is 0 Å². The van der Waals surface area contributed by atoms with Crippen LogP contribution in [0.5, 0.6) is 0 Å². The Morgan fingerprint density at radius 3 is 2.06 bits per heavy atom. The smallest absolute Gasteiger partial charge is 0.0796 e. The Kier molecular flexibility index (Phi) is 4.90. The van der Waals surface area contributed by atoms with Crippen LogP contribution in [0, 0.1) is 0 Å². The summed E-state index contributed by atoms with van der Waals surface area (Å²) >= 11 is 0. The van der Waals surface area contributed by atoms with Crippen LogP contribution in [-0.4, -0.2) is 9.97 Å². The molecule has 0 radical (unpaired) electrons.